The molecule has 2 rings (SSSR count). The van der Waals surface area contributed by atoms with Gasteiger partial charge in [-0.2, -0.15) is 8.42 Å². The zero-order valence-corrected chi connectivity index (χ0v) is 18.0. The number of rotatable bonds is 13. The van der Waals surface area contributed by atoms with Crippen molar-refractivity contribution in [1.82, 2.24) is 0 Å². The van der Waals surface area contributed by atoms with Crippen LogP contribution in [0.2, 0.25) is 0 Å². The van der Waals surface area contributed by atoms with Crippen molar-refractivity contribution in [2.24, 2.45) is 0 Å². The van der Waals surface area contributed by atoms with Gasteiger partial charge in [0, 0.05) is 18.2 Å². The lowest BCUT2D eigenvalue weighted by Gasteiger charge is -2.09. The Kier molecular flexibility index (Phi) is 9.48. The lowest BCUT2D eigenvalue weighted by Crippen LogP contribution is -1.98. The molecule has 0 fully saturated rings. The zero-order chi connectivity index (χ0) is 21.1. The monoisotopic (exact) mass is 420 g/mol. The quantitative estimate of drug-likeness (QED) is 0.285. The number of phenolic OH excluding ortho intramolecular Hbond substituents is 1. The molecular weight excluding hydrogens is 388 g/mol. The number of hydrogen-bond acceptors (Lipinski definition) is 4. The van der Waals surface area contributed by atoms with Gasteiger partial charge in [0.05, 0.1) is 0 Å². The van der Waals surface area contributed by atoms with Gasteiger partial charge in [0.25, 0.3) is 10.1 Å². The van der Waals surface area contributed by atoms with Crippen LogP contribution in [0.1, 0.15) is 70.3 Å². The fourth-order valence-corrected chi connectivity index (χ4v) is 3.80. The van der Waals surface area contributed by atoms with E-state index in [9.17, 15) is 13.5 Å². The minimum absolute atomic E-state index is 0.143. The minimum atomic E-state index is -4.41. The van der Waals surface area contributed by atoms with Gasteiger partial charge in [-0.15, -0.1) is 0 Å². The molecule has 0 heterocycles. The van der Waals surface area contributed by atoms with E-state index < -0.39 is 15.0 Å². The van der Waals surface area contributed by atoms with Gasteiger partial charge in [0.2, 0.25) is 0 Å². The summed E-state index contributed by atoms with van der Waals surface area (Å²) in [5.74, 6) is 0.383. The normalized spacial score (nSPS) is 11.5. The van der Waals surface area contributed by atoms with Crippen molar-refractivity contribution in [2.45, 2.75) is 76.0 Å². The Morgan fingerprint density at radius 1 is 0.793 bits per heavy atom. The highest BCUT2D eigenvalue weighted by Crippen LogP contribution is 2.29. The third-order valence-electron chi connectivity index (χ3n) is 4.89. The van der Waals surface area contributed by atoms with E-state index in [1.807, 2.05) is 24.3 Å². The van der Waals surface area contributed by atoms with Crippen molar-refractivity contribution >= 4 is 10.1 Å². The van der Waals surface area contributed by atoms with E-state index in [2.05, 4.69) is 6.92 Å². The molecule has 2 N–H and O–H groups in total. The first kappa shape index (κ1) is 23.2. The van der Waals surface area contributed by atoms with Gasteiger partial charge in [0.1, 0.15) is 22.1 Å². The molecular formula is C23H32O5S. The van der Waals surface area contributed by atoms with Crippen LogP contribution in [0, 0.1) is 0 Å². The van der Waals surface area contributed by atoms with Crippen LogP contribution in [-0.4, -0.2) is 18.1 Å². The summed E-state index contributed by atoms with van der Waals surface area (Å²) in [6.45, 7) is 2.24. The SMILES string of the molecule is CCCCCCCCCCCc1ccc(Oc2cc(O)cc(S(=O)(=O)O)c2)cc1. The molecule has 0 aromatic heterocycles. The van der Waals surface area contributed by atoms with Crippen molar-refractivity contribution in [3.63, 3.8) is 0 Å². The average Bonchev–Trinajstić information content (AvgIpc) is 2.67. The van der Waals surface area contributed by atoms with Crippen LogP contribution in [-0.2, 0) is 16.5 Å². The summed E-state index contributed by atoms with van der Waals surface area (Å²) in [5, 5.41) is 9.64. The largest absolute Gasteiger partial charge is 0.508 e. The topological polar surface area (TPSA) is 83.8 Å². The van der Waals surface area contributed by atoms with E-state index in [1.54, 1.807) is 0 Å². The van der Waals surface area contributed by atoms with E-state index in [0.717, 1.165) is 12.5 Å². The summed E-state index contributed by atoms with van der Waals surface area (Å²) in [5.41, 5.74) is 1.23. The van der Waals surface area contributed by atoms with Gasteiger partial charge < -0.3 is 9.84 Å². The van der Waals surface area contributed by atoms with Crippen LogP contribution in [0.25, 0.3) is 0 Å². The highest BCUT2D eigenvalue weighted by Gasteiger charge is 2.13. The number of unbranched alkanes of at least 4 members (excludes halogenated alkanes) is 8. The predicted molar refractivity (Wildman–Crippen MR) is 115 cm³/mol. The first-order valence-electron chi connectivity index (χ1n) is 10.5. The molecule has 0 atom stereocenters. The predicted octanol–water partition coefficient (Wildman–Crippen LogP) is 6.50. The van der Waals surface area contributed by atoms with E-state index in [1.165, 1.54) is 75.5 Å². The minimum Gasteiger partial charge on any atom is -0.508 e. The molecule has 160 valence electrons. The van der Waals surface area contributed by atoms with Crippen LogP contribution < -0.4 is 4.74 Å². The molecule has 6 heteroatoms. The van der Waals surface area contributed by atoms with Crippen LogP contribution in [0.4, 0.5) is 0 Å². The maximum absolute atomic E-state index is 11.2. The lowest BCUT2D eigenvalue weighted by atomic mass is 10.0. The first-order valence-corrected chi connectivity index (χ1v) is 11.9. The summed E-state index contributed by atoms with van der Waals surface area (Å²) in [7, 11) is -4.41. The molecule has 0 amide bonds. The van der Waals surface area contributed by atoms with Crippen LogP contribution in [0.3, 0.4) is 0 Å². The van der Waals surface area contributed by atoms with Gasteiger partial charge in [-0.3, -0.25) is 4.55 Å². The second-order valence-corrected chi connectivity index (χ2v) is 8.88. The summed E-state index contributed by atoms with van der Waals surface area (Å²) >= 11 is 0. The van der Waals surface area contributed by atoms with Crippen molar-refractivity contribution in [2.75, 3.05) is 0 Å². The fourth-order valence-electron chi connectivity index (χ4n) is 3.26. The smallest absolute Gasteiger partial charge is 0.294 e. The van der Waals surface area contributed by atoms with E-state index in [0.29, 0.717) is 5.75 Å². The fraction of sp³-hybridized carbons (Fsp3) is 0.478. The first-order chi connectivity index (χ1) is 13.9. The summed E-state index contributed by atoms with van der Waals surface area (Å²) < 4.78 is 37.2. The van der Waals surface area contributed by atoms with Crippen LogP contribution in [0.5, 0.6) is 17.2 Å². The number of aryl methyl sites for hydroxylation is 1. The molecule has 2 aromatic carbocycles. The van der Waals surface area contributed by atoms with Gasteiger partial charge in [-0.05, 0) is 30.5 Å². The molecule has 0 aliphatic rings. The molecule has 0 saturated carbocycles. The van der Waals surface area contributed by atoms with Crippen molar-refractivity contribution in [3.8, 4) is 17.2 Å². The molecule has 29 heavy (non-hydrogen) atoms. The average molecular weight is 421 g/mol. The second kappa shape index (κ2) is 11.8. The Labute approximate surface area is 174 Å². The molecule has 0 unspecified atom stereocenters. The Morgan fingerprint density at radius 2 is 1.38 bits per heavy atom. The highest BCUT2D eigenvalue weighted by molar-refractivity contribution is 7.85. The Bertz CT molecular complexity index is 844. The van der Waals surface area contributed by atoms with Gasteiger partial charge in [0.15, 0.2) is 0 Å². The van der Waals surface area contributed by atoms with E-state index >= 15 is 0 Å². The maximum Gasteiger partial charge on any atom is 0.294 e. The van der Waals surface area contributed by atoms with Gasteiger partial charge in [-0.1, -0.05) is 70.4 Å². The number of benzene rings is 2. The molecule has 0 bridgehead atoms. The van der Waals surface area contributed by atoms with E-state index in [-0.39, 0.29) is 11.5 Å². The molecule has 0 saturated heterocycles. The molecule has 0 aliphatic carbocycles. The lowest BCUT2D eigenvalue weighted by molar-refractivity contribution is 0.447. The molecule has 2 aromatic rings. The Hall–Kier alpha value is -2.05. The number of aromatic hydroxyl groups is 1. The maximum atomic E-state index is 11.2. The summed E-state index contributed by atoms with van der Waals surface area (Å²) in [6, 6.07) is 11.1. The summed E-state index contributed by atoms with van der Waals surface area (Å²) in [4.78, 5) is -0.408. The highest BCUT2D eigenvalue weighted by atomic mass is 32.2. The molecule has 0 aliphatic heterocycles. The second-order valence-electron chi connectivity index (χ2n) is 7.46. The molecule has 0 radical (unpaired) electrons. The molecule has 5 nitrogen and oxygen atoms in total. The molecule has 0 spiro atoms. The Morgan fingerprint density at radius 3 is 1.97 bits per heavy atom. The number of phenols is 1. The third kappa shape index (κ3) is 8.88. The number of ether oxygens (including phenoxy) is 1. The third-order valence-corrected chi connectivity index (χ3v) is 5.72. The Balaban J connectivity index is 1.76. The van der Waals surface area contributed by atoms with Gasteiger partial charge in [-0.25, -0.2) is 0 Å². The van der Waals surface area contributed by atoms with Crippen molar-refractivity contribution in [3.05, 3.63) is 48.0 Å². The zero-order valence-electron chi connectivity index (χ0n) is 17.1. The van der Waals surface area contributed by atoms with Gasteiger partial charge >= 0.3 is 0 Å². The van der Waals surface area contributed by atoms with E-state index in [4.69, 9.17) is 9.29 Å². The van der Waals surface area contributed by atoms with Crippen molar-refractivity contribution < 1.29 is 22.8 Å². The van der Waals surface area contributed by atoms with Crippen LogP contribution in [0.15, 0.2) is 47.4 Å². The van der Waals surface area contributed by atoms with Crippen LogP contribution >= 0.6 is 0 Å². The standard InChI is InChI=1S/C23H32O5S/c1-2-3-4-5-6-7-8-9-10-11-19-12-14-21(15-13-19)28-22-16-20(24)17-23(18-22)29(25,26)27/h12-18,24H,2-11H2,1H3,(H,25,26,27). The van der Waals surface area contributed by atoms with Crippen molar-refractivity contribution in [1.29, 1.82) is 0 Å². The number of hydrogen-bond donors (Lipinski definition) is 2. The summed E-state index contributed by atoms with van der Waals surface area (Å²) in [6.07, 6.45) is 12.8.